The second-order valence-electron chi connectivity index (χ2n) is 6.54. The summed E-state index contributed by atoms with van der Waals surface area (Å²) in [6.07, 6.45) is 0.863. The van der Waals surface area contributed by atoms with Crippen molar-refractivity contribution in [3.05, 3.63) is 39.9 Å². The number of nitrogens with one attached hydrogen (secondary N) is 2. The van der Waals surface area contributed by atoms with Gasteiger partial charge in [-0.2, -0.15) is 0 Å². The normalized spacial score (nSPS) is 19.5. The highest BCUT2D eigenvalue weighted by Crippen LogP contribution is 2.28. The van der Waals surface area contributed by atoms with E-state index in [1.54, 1.807) is 17.0 Å². The van der Waals surface area contributed by atoms with Gasteiger partial charge in [0.2, 0.25) is 5.91 Å². The molecule has 0 radical (unpaired) electrons. The Balaban J connectivity index is 1.72. The van der Waals surface area contributed by atoms with Crippen LogP contribution in [0.3, 0.4) is 0 Å². The van der Waals surface area contributed by atoms with Crippen LogP contribution in [0.4, 0.5) is 10.5 Å². The highest BCUT2D eigenvalue weighted by molar-refractivity contribution is 5.84. The zero-order valence-electron chi connectivity index (χ0n) is 14.2. The Hall–Kier alpha value is -2.68. The Morgan fingerprint density at radius 3 is 2.56 bits per heavy atom. The fourth-order valence-corrected chi connectivity index (χ4v) is 2.65. The van der Waals surface area contributed by atoms with E-state index in [0.717, 1.165) is 12.0 Å². The molecule has 1 atom stereocenters. The van der Waals surface area contributed by atoms with E-state index in [-0.39, 0.29) is 30.1 Å². The third-order valence-electron chi connectivity index (χ3n) is 4.40. The van der Waals surface area contributed by atoms with Crippen molar-refractivity contribution in [1.29, 1.82) is 0 Å². The van der Waals surface area contributed by atoms with Crippen molar-refractivity contribution < 1.29 is 14.5 Å². The van der Waals surface area contributed by atoms with Crippen molar-refractivity contribution in [2.45, 2.75) is 19.9 Å². The number of urea groups is 1. The second-order valence-corrected chi connectivity index (χ2v) is 6.54. The molecule has 3 amide bonds. The number of nitrogens with two attached hydrogens (primary N) is 1. The quantitative estimate of drug-likeness (QED) is 0.511. The van der Waals surface area contributed by atoms with Gasteiger partial charge in [0.1, 0.15) is 0 Å². The molecule has 1 aliphatic rings. The third kappa shape index (κ3) is 5.15. The van der Waals surface area contributed by atoms with Crippen molar-refractivity contribution in [2.75, 3.05) is 26.2 Å². The number of benzene rings is 1. The maximum Gasteiger partial charge on any atom is 0.315 e. The van der Waals surface area contributed by atoms with E-state index in [1.165, 1.54) is 12.1 Å². The number of non-ortho nitro benzene ring substituents is 1. The lowest BCUT2D eigenvalue weighted by Gasteiger charge is -2.22. The average molecular weight is 349 g/mol. The molecule has 9 nitrogen and oxygen atoms in total. The highest BCUT2D eigenvalue weighted by Gasteiger charge is 2.34. The summed E-state index contributed by atoms with van der Waals surface area (Å²) in [7, 11) is 0. The number of amides is 3. The Labute approximate surface area is 145 Å². The average Bonchev–Trinajstić information content (AvgIpc) is 3.01. The number of nitro benzene ring substituents is 1. The van der Waals surface area contributed by atoms with Gasteiger partial charge in [0, 0.05) is 31.8 Å². The molecule has 0 aromatic heterocycles. The number of hydrogen-bond acceptors (Lipinski definition) is 5. The van der Waals surface area contributed by atoms with Gasteiger partial charge in [-0.3, -0.25) is 14.9 Å². The lowest BCUT2D eigenvalue weighted by atomic mass is 9.90. The van der Waals surface area contributed by atoms with Gasteiger partial charge in [-0.25, -0.2) is 4.79 Å². The molecular formula is C16H23N5O4. The molecule has 1 aliphatic heterocycles. The van der Waals surface area contributed by atoms with Crippen LogP contribution in [0, 0.1) is 15.5 Å². The summed E-state index contributed by atoms with van der Waals surface area (Å²) in [5.74, 6) is -0.136. The van der Waals surface area contributed by atoms with Crippen LogP contribution in [0.2, 0.25) is 0 Å². The number of hydrogen-bond donors (Lipinski definition) is 3. The van der Waals surface area contributed by atoms with Crippen LogP contribution >= 0.6 is 0 Å². The van der Waals surface area contributed by atoms with E-state index in [9.17, 15) is 19.7 Å². The first-order valence-corrected chi connectivity index (χ1v) is 8.06. The molecule has 0 aliphatic carbocycles. The van der Waals surface area contributed by atoms with Crippen molar-refractivity contribution in [3.63, 3.8) is 0 Å². The van der Waals surface area contributed by atoms with Gasteiger partial charge >= 0.3 is 6.03 Å². The minimum absolute atomic E-state index is 0.00566. The maximum absolute atomic E-state index is 12.1. The number of likely N-dealkylation sites (tertiary alicyclic amines) is 1. The topological polar surface area (TPSA) is 131 Å². The van der Waals surface area contributed by atoms with E-state index in [0.29, 0.717) is 19.6 Å². The predicted molar refractivity (Wildman–Crippen MR) is 91.7 cm³/mol. The first-order chi connectivity index (χ1) is 11.8. The summed E-state index contributed by atoms with van der Waals surface area (Å²) in [6, 6.07) is 5.43. The number of carbonyl (C=O) groups is 2. The van der Waals surface area contributed by atoms with Crippen LogP contribution in [0.1, 0.15) is 18.9 Å². The maximum atomic E-state index is 12.1. The predicted octanol–water partition coefficient (Wildman–Crippen LogP) is 0.591. The smallest absolute Gasteiger partial charge is 0.315 e. The molecule has 25 heavy (non-hydrogen) atoms. The fraction of sp³-hybridized carbons (Fsp3) is 0.500. The molecule has 9 heteroatoms. The molecule has 0 saturated carbocycles. The molecule has 4 N–H and O–H groups in total. The monoisotopic (exact) mass is 349 g/mol. The van der Waals surface area contributed by atoms with Crippen molar-refractivity contribution in [1.82, 2.24) is 15.5 Å². The minimum atomic E-state index is -0.483. The Morgan fingerprint density at radius 2 is 2.00 bits per heavy atom. The number of nitrogens with zero attached hydrogens (tertiary/aromatic N) is 2. The molecule has 0 spiro atoms. The molecule has 136 valence electrons. The minimum Gasteiger partial charge on any atom is -0.341 e. The summed E-state index contributed by atoms with van der Waals surface area (Å²) < 4.78 is 0. The SMILES string of the molecule is CC1(CN)CCN(C(=O)CNC(=O)NCc2ccc([N+](=O)[O-])cc2)C1. The Morgan fingerprint density at radius 1 is 1.32 bits per heavy atom. The molecule has 1 aromatic rings. The molecule has 1 fully saturated rings. The van der Waals surface area contributed by atoms with Gasteiger partial charge in [0.25, 0.3) is 5.69 Å². The Bertz CT molecular complexity index is 648. The third-order valence-corrected chi connectivity index (χ3v) is 4.40. The fourth-order valence-electron chi connectivity index (χ4n) is 2.65. The van der Waals surface area contributed by atoms with Gasteiger partial charge in [-0.1, -0.05) is 19.1 Å². The van der Waals surface area contributed by atoms with Crippen molar-refractivity contribution in [2.24, 2.45) is 11.1 Å². The standard InChI is InChI=1S/C16H23N5O4/c1-16(10-17)6-7-20(11-16)14(22)9-19-15(23)18-8-12-2-4-13(5-3-12)21(24)25/h2-5H,6-11,17H2,1H3,(H2,18,19,23). The zero-order chi connectivity index (χ0) is 18.4. The summed E-state index contributed by atoms with van der Waals surface area (Å²) in [6.45, 7) is 3.97. The van der Waals surface area contributed by atoms with E-state index >= 15 is 0 Å². The number of nitro groups is 1. The van der Waals surface area contributed by atoms with Gasteiger partial charge < -0.3 is 21.3 Å². The van der Waals surface area contributed by atoms with Crippen LogP contribution in [0.5, 0.6) is 0 Å². The molecule has 1 saturated heterocycles. The van der Waals surface area contributed by atoms with Crippen LogP contribution < -0.4 is 16.4 Å². The van der Waals surface area contributed by atoms with Crippen molar-refractivity contribution >= 4 is 17.6 Å². The molecule has 1 aromatic carbocycles. The summed E-state index contributed by atoms with van der Waals surface area (Å²) in [4.78, 5) is 35.7. The van der Waals surface area contributed by atoms with Crippen LogP contribution in [-0.4, -0.2) is 47.9 Å². The number of carbonyl (C=O) groups excluding carboxylic acids is 2. The molecule has 1 unspecified atom stereocenters. The van der Waals surface area contributed by atoms with Gasteiger partial charge in [0.15, 0.2) is 0 Å². The molecule has 0 bridgehead atoms. The second kappa shape index (κ2) is 7.93. The largest absolute Gasteiger partial charge is 0.341 e. The van der Waals surface area contributed by atoms with Crippen LogP contribution in [0.25, 0.3) is 0 Å². The summed E-state index contributed by atoms with van der Waals surface area (Å²) in [5.41, 5.74) is 6.39. The van der Waals surface area contributed by atoms with E-state index in [2.05, 4.69) is 10.6 Å². The Kier molecular flexibility index (Phi) is 5.92. The first-order valence-electron chi connectivity index (χ1n) is 8.06. The number of rotatable bonds is 6. The summed E-state index contributed by atoms with van der Waals surface area (Å²) >= 11 is 0. The van der Waals surface area contributed by atoms with E-state index < -0.39 is 11.0 Å². The van der Waals surface area contributed by atoms with Crippen molar-refractivity contribution in [3.8, 4) is 0 Å². The van der Waals surface area contributed by atoms with Crippen LogP contribution in [-0.2, 0) is 11.3 Å². The molecular weight excluding hydrogens is 326 g/mol. The molecule has 1 heterocycles. The van der Waals surface area contributed by atoms with E-state index in [1.807, 2.05) is 6.92 Å². The lowest BCUT2D eigenvalue weighted by molar-refractivity contribution is -0.384. The first kappa shape index (κ1) is 18.7. The lowest BCUT2D eigenvalue weighted by Crippen LogP contribution is -2.43. The van der Waals surface area contributed by atoms with Gasteiger partial charge in [-0.15, -0.1) is 0 Å². The van der Waals surface area contributed by atoms with Gasteiger partial charge in [-0.05, 0) is 23.9 Å². The van der Waals surface area contributed by atoms with E-state index in [4.69, 9.17) is 5.73 Å². The molecule has 2 rings (SSSR count). The highest BCUT2D eigenvalue weighted by atomic mass is 16.6. The van der Waals surface area contributed by atoms with Gasteiger partial charge in [0.05, 0.1) is 11.5 Å². The summed E-state index contributed by atoms with van der Waals surface area (Å²) in [5, 5.41) is 15.7. The zero-order valence-corrected chi connectivity index (χ0v) is 14.2. The van der Waals surface area contributed by atoms with Crippen LogP contribution in [0.15, 0.2) is 24.3 Å².